The molecule has 0 radical (unpaired) electrons. The first-order valence-electron chi connectivity index (χ1n) is 8.95. The number of hydrogen-bond donors (Lipinski definition) is 0. The van der Waals surface area contributed by atoms with Crippen molar-refractivity contribution in [1.82, 2.24) is 4.90 Å². The molecule has 0 N–H and O–H groups in total. The van der Waals surface area contributed by atoms with Gasteiger partial charge in [-0.25, -0.2) is 9.18 Å². The van der Waals surface area contributed by atoms with Gasteiger partial charge in [-0.05, 0) is 38.1 Å². The summed E-state index contributed by atoms with van der Waals surface area (Å²) in [6.07, 6.45) is 0. The Labute approximate surface area is 159 Å². The molecule has 2 aromatic rings. The summed E-state index contributed by atoms with van der Waals surface area (Å²) in [5.41, 5.74) is 1.68. The molecule has 0 aromatic heterocycles. The molecule has 2 aromatic carbocycles. The monoisotopic (exact) mass is 372 g/mol. The van der Waals surface area contributed by atoms with E-state index in [9.17, 15) is 14.0 Å². The SMILES string of the molecule is CCOC(=O)c1cccc(N(CC)CC(=O)N(C)Cc2ccccc2F)c1. The molecule has 0 saturated carbocycles. The quantitative estimate of drug-likeness (QED) is 0.666. The molecular weight excluding hydrogens is 347 g/mol. The second kappa shape index (κ2) is 9.71. The summed E-state index contributed by atoms with van der Waals surface area (Å²) in [7, 11) is 1.65. The predicted octanol–water partition coefficient (Wildman–Crippen LogP) is 3.49. The third kappa shape index (κ3) is 5.54. The number of carbonyl (C=O) groups is 2. The highest BCUT2D eigenvalue weighted by atomic mass is 19.1. The van der Waals surface area contributed by atoms with Crippen LogP contribution in [0.15, 0.2) is 48.5 Å². The third-order valence-electron chi connectivity index (χ3n) is 4.22. The first-order chi connectivity index (χ1) is 13.0. The van der Waals surface area contributed by atoms with Crippen LogP contribution in [0, 0.1) is 5.82 Å². The molecule has 0 atom stereocenters. The normalized spacial score (nSPS) is 10.4. The highest BCUT2D eigenvalue weighted by Crippen LogP contribution is 2.17. The number of benzene rings is 2. The lowest BCUT2D eigenvalue weighted by molar-refractivity contribution is -0.129. The topological polar surface area (TPSA) is 49.9 Å². The average molecular weight is 372 g/mol. The summed E-state index contributed by atoms with van der Waals surface area (Å²) < 4.78 is 18.8. The Morgan fingerprint density at radius 1 is 1.07 bits per heavy atom. The van der Waals surface area contributed by atoms with E-state index in [4.69, 9.17) is 4.74 Å². The summed E-state index contributed by atoms with van der Waals surface area (Å²) in [6.45, 7) is 4.91. The highest BCUT2D eigenvalue weighted by Gasteiger charge is 2.17. The van der Waals surface area contributed by atoms with Gasteiger partial charge >= 0.3 is 5.97 Å². The first-order valence-corrected chi connectivity index (χ1v) is 8.95. The van der Waals surface area contributed by atoms with Gasteiger partial charge < -0.3 is 14.5 Å². The Kier molecular flexibility index (Phi) is 7.34. The number of likely N-dealkylation sites (N-methyl/N-ethyl adjacent to an activating group) is 2. The van der Waals surface area contributed by atoms with Crippen LogP contribution in [0.1, 0.15) is 29.8 Å². The molecule has 0 unspecified atom stereocenters. The van der Waals surface area contributed by atoms with Crippen LogP contribution < -0.4 is 4.90 Å². The van der Waals surface area contributed by atoms with Crippen molar-refractivity contribution >= 4 is 17.6 Å². The van der Waals surface area contributed by atoms with Crippen molar-refractivity contribution in [3.05, 3.63) is 65.5 Å². The largest absolute Gasteiger partial charge is 0.462 e. The maximum Gasteiger partial charge on any atom is 0.338 e. The van der Waals surface area contributed by atoms with Gasteiger partial charge in [-0.1, -0.05) is 24.3 Å². The van der Waals surface area contributed by atoms with Crippen molar-refractivity contribution in [3.8, 4) is 0 Å². The second-order valence-electron chi connectivity index (χ2n) is 6.13. The fourth-order valence-electron chi connectivity index (χ4n) is 2.68. The molecule has 5 nitrogen and oxygen atoms in total. The number of amides is 1. The van der Waals surface area contributed by atoms with Crippen molar-refractivity contribution in [3.63, 3.8) is 0 Å². The number of esters is 1. The number of ether oxygens (including phenoxy) is 1. The molecule has 144 valence electrons. The van der Waals surface area contributed by atoms with Crippen molar-refractivity contribution in [2.45, 2.75) is 20.4 Å². The molecule has 1 amide bonds. The summed E-state index contributed by atoms with van der Waals surface area (Å²) in [5.74, 6) is -0.855. The smallest absolute Gasteiger partial charge is 0.338 e. The van der Waals surface area contributed by atoms with Gasteiger partial charge in [0.25, 0.3) is 0 Å². The lowest BCUT2D eigenvalue weighted by Gasteiger charge is -2.26. The van der Waals surface area contributed by atoms with E-state index in [-0.39, 0.29) is 24.8 Å². The molecule has 0 aliphatic carbocycles. The van der Waals surface area contributed by atoms with Gasteiger partial charge in [-0.3, -0.25) is 4.79 Å². The lowest BCUT2D eigenvalue weighted by atomic mass is 10.2. The van der Waals surface area contributed by atoms with Gasteiger partial charge in [0, 0.05) is 31.4 Å². The molecule has 0 fully saturated rings. The molecule has 0 saturated heterocycles. The van der Waals surface area contributed by atoms with Crippen LogP contribution in [-0.2, 0) is 16.1 Å². The molecule has 0 aliphatic heterocycles. The van der Waals surface area contributed by atoms with Gasteiger partial charge in [0.05, 0.1) is 18.7 Å². The van der Waals surface area contributed by atoms with Gasteiger partial charge in [0.15, 0.2) is 0 Å². The standard InChI is InChI=1S/C21H25FN2O3/c1-4-24(18-11-8-10-16(13-18)21(26)27-5-2)15-20(25)23(3)14-17-9-6-7-12-19(17)22/h6-13H,4-5,14-15H2,1-3H3. The summed E-state index contributed by atoms with van der Waals surface area (Å²) in [6, 6.07) is 13.4. The van der Waals surface area contributed by atoms with Gasteiger partial charge in [-0.2, -0.15) is 0 Å². The third-order valence-corrected chi connectivity index (χ3v) is 4.22. The van der Waals surface area contributed by atoms with E-state index >= 15 is 0 Å². The molecule has 6 heteroatoms. The van der Waals surface area contributed by atoms with Crippen molar-refractivity contribution in [2.24, 2.45) is 0 Å². The predicted molar refractivity (Wildman–Crippen MR) is 103 cm³/mol. The Morgan fingerprint density at radius 3 is 2.48 bits per heavy atom. The minimum Gasteiger partial charge on any atom is -0.462 e. The van der Waals surface area contributed by atoms with E-state index in [0.717, 1.165) is 5.69 Å². The van der Waals surface area contributed by atoms with Crippen LogP contribution in [0.4, 0.5) is 10.1 Å². The van der Waals surface area contributed by atoms with E-state index in [1.807, 2.05) is 17.9 Å². The minimum atomic E-state index is -0.390. The second-order valence-corrected chi connectivity index (χ2v) is 6.13. The summed E-state index contributed by atoms with van der Waals surface area (Å²) in [5, 5.41) is 0. The number of carbonyl (C=O) groups excluding carboxylic acids is 2. The number of rotatable bonds is 8. The number of halogens is 1. The van der Waals surface area contributed by atoms with Crippen molar-refractivity contribution in [1.29, 1.82) is 0 Å². The maximum atomic E-state index is 13.8. The fraction of sp³-hybridized carbons (Fsp3) is 0.333. The van der Waals surface area contributed by atoms with Crippen molar-refractivity contribution in [2.75, 3.05) is 31.6 Å². The van der Waals surface area contributed by atoms with E-state index in [1.165, 1.54) is 11.0 Å². The number of nitrogens with zero attached hydrogens (tertiary/aromatic N) is 2. The van der Waals surface area contributed by atoms with E-state index in [1.54, 1.807) is 50.4 Å². The molecule has 0 aliphatic rings. The summed E-state index contributed by atoms with van der Waals surface area (Å²) in [4.78, 5) is 27.9. The number of anilines is 1. The maximum absolute atomic E-state index is 13.8. The minimum absolute atomic E-state index is 0.133. The van der Waals surface area contributed by atoms with Crippen LogP contribution in [0.2, 0.25) is 0 Å². The van der Waals surface area contributed by atoms with Crippen LogP contribution in [-0.4, -0.2) is 43.5 Å². The Bertz CT molecular complexity index is 795. The summed E-state index contributed by atoms with van der Waals surface area (Å²) >= 11 is 0. The van der Waals surface area contributed by atoms with Crippen molar-refractivity contribution < 1.29 is 18.7 Å². The molecule has 0 spiro atoms. The molecular formula is C21H25FN2O3. The zero-order chi connectivity index (χ0) is 19.8. The zero-order valence-corrected chi connectivity index (χ0v) is 15.9. The molecule has 0 bridgehead atoms. The average Bonchev–Trinajstić information content (AvgIpc) is 2.67. The Morgan fingerprint density at radius 2 is 1.81 bits per heavy atom. The van der Waals surface area contributed by atoms with Crippen LogP contribution in [0.5, 0.6) is 0 Å². The highest BCUT2D eigenvalue weighted by molar-refractivity contribution is 5.91. The number of hydrogen-bond acceptors (Lipinski definition) is 4. The molecule has 2 rings (SSSR count). The molecule has 27 heavy (non-hydrogen) atoms. The zero-order valence-electron chi connectivity index (χ0n) is 15.9. The van der Waals surface area contributed by atoms with E-state index in [2.05, 4.69) is 0 Å². The van der Waals surface area contributed by atoms with E-state index in [0.29, 0.717) is 24.3 Å². The Hall–Kier alpha value is -2.89. The van der Waals surface area contributed by atoms with Crippen LogP contribution in [0.3, 0.4) is 0 Å². The van der Waals surface area contributed by atoms with E-state index < -0.39 is 5.97 Å². The van der Waals surface area contributed by atoms with Gasteiger partial charge in [-0.15, -0.1) is 0 Å². The lowest BCUT2D eigenvalue weighted by Crippen LogP contribution is -2.38. The van der Waals surface area contributed by atoms with Crippen LogP contribution >= 0.6 is 0 Å². The van der Waals surface area contributed by atoms with Crippen LogP contribution in [0.25, 0.3) is 0 Å². The Balaban J connectivity index is 2.07. The first kappa shape index (κ1) is 20.4. The molecule has 0 heterocycles. The van der Waals surface area contributed by atoms with Gasteiger partial charge in [0.2, 0.25) is 5.91 Å². The van der Waals surface area contributed by atoms with Gasteiger partial charge in [0.1, 0.15) is 5.82 Å². The fourth-order valence-corrected chi connectivity index (χ4v) is 2.68.